The summed E-state index contributed by atoms with van der Waals surface area (Å²) >= 11 is 0. The van der Waals surface area contributed by atoms with E-state index in [1.807, 2.05) is 24.3 Å². The van der Waals surface area contributed by atoms with Gasteiger partial charge >= 0.3 is 0 Å². The number of carbonyl (C=O) groups is 1. The van der Waals surface area contributed by atoms with Gasteiger partial charge in [0.2, 0.25) is 0 Å². The van der Waals surface area contributed by atoms with Gasteiger partial charge < -0.3 is 9.80 Å². The number of hydrogen-bond donors (Lipinski definition) is 0. The van der Waals surface area contributed by atoms with E-state index in [1.165, 1.54) is 32.3 Å². The molecule has 0 radical (unpaired) electrons. The molecule has 6 heteroatoms. The molecule has 2 aliphatic rings. The number of rotatable bonds is 5. The normalized spacial score (nSPS) is 21.1. The summed E-state index contributed by atoms with van der Waals surface area (Å²) in [5.41, 5.74) is 1.91. The maximum absolute atomic E-state index is 12.9. The maximum Gasteiger partial charge on any atom is 0.254 e. The van der Waals surface area contributed by atoms with Gasteiger partial charge in [0, 0.05) is 24.7 Å². The summed E-state index contributed by atoms with van der Waals surface area (Å²) < 4.78 is 1.78. The van der Waals surface area contributed by atoms with E-state index in [2.05, 4.69) is 19.9 Å². The second-order valence-corrected chi connectivity index (χ2v) is 7.09. The largest absolute Gasteiger partial charge is 0.334 e. The van der Waals surface area contributed by atoms with Crippen LogP contribution in [0, 0.1) is 0 Å². The first-order valence-corrected chi connectivity index (χ1v) is 9.24. The van der Waals surface area contributed by atoms with Gasteiger partial charge in [-0.15, -0.1) is 0 Å². The minimum absolute atomic E-state index is 0.175. The maximum atomic E-state index is 12.9. The Hall–Kier alpha value is -2.21. The molecule has 2 aliphatic heterocycles. The first-order chi connectivity index (χ1) is 12.3. The van der Waals surface area contributed by atoms with Crippen molar-refractivity contribution >= 4 is 5.91 Å². The molecule has 3 heterocycles. The fourth-order valence-electron chi connectivity index (χ4n) is 3.98. The minimum atomic E-state index is 0.175. The van der Waals surface area contributed by atoms with Crippen LogP contribution in [0.15, 0.2) is 36.9 Å². The molecule has 6 nitrogen and oxygen atoms in total. The molecule has 132 valence electrons. The third-order valence-electron chi connectivity index (χ3n) is 5.32. The number of aromatic nitrogens is 3. The molecule has 2 fully saturated rings. The highest BCUT2D eigenvalue weighted by Gasteiger charge is 2.31. The second kappa shape index (κ2) is 7.35. The van der Waals surface area contributed by atoms with Gasteiger partial charge in [-0.25, -0.2) is 9.67 Å². The van der Waals surface area contributed by atoms with Crippen LogP contribution >= 0.6 is 0 Å². The van der Waals surface area contributed by atoms with Crippen molar-refractivity contribution in [1.29, 1.82) is 0 Å². The van der Waals surface area contributed by atoms with Gasteiger partial charge in [-0.3, -0.25) is 4.79 Å². The lowest BCUT2D eigenvalue weighted by Crippen LogP contribution is -2.42. The zero-order valence-electron chi connectivity index (χ0n) is 14.5. The van der Waals surface area contributed by atoms with Crippen LogP contribution in [-0.4, -0.2) is 62.7 Å². The lowest BCUT2D eigenvalue weighted by atomic mass is 10.1. The molecule has 2 aromatic rings. The molecule has 0 bridgehead atoms. The fraction of sp³-hybridized carbons (Fsp3) is 0.526. The average Bonchev–Trinajstić information content (AvgIpc) is 3.38. The zero-order valence-corrected chi connectivity index (χ0v) is 14.5. The lowest BCUT2D eigenvalue weighted by Gasteiger charge is -2.28. The predicted molar refractivity (Wildman–Crippen MR) is 95.3 cm³/mol. The summed E-state index contributed by atoms with van der Waals surface area (Å²) in [5, 5.41) is 4.12. The first-order valence-electron chi connectivity index (χ1n) is 9.24. The SMILES string of the molecule is O=C(c1ccc(Cn2cncn2)cc1)N1CCC[C@@H]1CN1CCCC1. The third kappa shape index (κ3) is 3.74. The van der Waals surface area contributed by atoms with E-state index in [9.17, 15) is 4.79 Å². The topological polar surface area (TPSA) is 54.3 Å². The Kier molecular flexibility index (Phi) is 4.78. The van der Waals surface area contributed by atoms with Crippen LogP contribution in [0.1, 0.15) is 41.6 Å². The van der Waals surface area contributed by atoms with Gasteiger partial charge in [0.05, 0.1) is 6.54 Å². The summed E-state index contributed by atoms with van der Waals surface area (Å²) in [6.45, 7) is 4.98. The molecule has 1 amide bonds. The van der Waals surface area contributed by atoms with Gasteiger partial charge in [0.25, 0.3) is 5.91 Å². The molecule has 0 unspecified atom stereocenters. The van der Waals surface area contributed by atoms with Crippen molar-refractivity contribution in [2.45, 2.75) is 38.3 Å². The van der Waals surface area contributed by atoms with Crippen LogP contribution < -0.4 is 0 Å². The first kappa shape index (κ1) is 16.3. The van der Waals surface area contributed by atoms with Crippen molar-refractivity contribution in [2.24, 2.45) is 0 Å². The van der Waals surface area contributed by atoms with E-state index in [0.29, 0.717) is 12.6 Å². The summed E-state index contributed by atoms with van der Waals surface area (Å²) in [6, 6.07) is 8.29. The van der Waals surface area contributed by atoms with Gasteiger partial charge in [0.15, 0.2) is 0 Å². The number of benzene rings is 1. The Balaban J connectivity index is 1.40. The highest BCUT2D eigenvalue weighted by atomic mass is 16.2. The highest BCUT2D eigenvalue weighted by Crippen LogP contribution is 2.22. The van der Waals surface area contributed by atoms with Crippen LogP contribution in [0.3, 0.4) is 0 Å². The van der Waals surface area contributed by atoms with Crippen molar-refractivity contribution in [2.75, 3.05) is 26.2 Å². The molecule has 4 rings (SSSR count). The van der Waals surface area contributed by atoms with E-state index in [0.717, 1.165) is 37.1 Å². The standard InChI is InChI=1S/C19H25N5O/c25-19(24-11-3-4-18(24)13-22-9-1-2-10-22)17-7-5-16(6-8-17)12-23-15-20-14-21-23/h5-8,14-15,18H,1-4,9-13H2/t18-/m1/s1. The number of likely N-dealkylation sites (tertiary alicyclic amines) is 2. The minimum Gasteiger partial charge on any atom is -0.334 e. The van der Waals surface area contributed by atoms with Gasteiger partial charge in [-0.05, 0) is 56.5 Å². The number of nitrogens with zero attached hydrogens (tertiary/aromatic N) is 5. The fourth-order valence-corrected chi connectivity index (χ4v) is 3.98. The smallest absolute Gasteiger partial charge is 0.254 e. The van der Waals surface area contributed by atoms with Crippen LogP contribution in [0.5, 0.6) is 0 Å². The molecule has 1 atom stereocenters. The van der Waals surface area contributed by atoms with Gasteiger partial charge in [-0.1, -0.05) is 12.1 Å². The molecule has 0 aliphatic carbocycles. The predicted octanol–water partition coefficient (Wildman–Crippen LogP) is 2.03. The van der Waals surface area contributed by atoms with Crippen LogP contribution in [0.25, 0.3) is 0 Å². The molecule has 2 saturated heterocycles. The second-order valence-electron chi connectivity index (χ2n) is 7.09. The lowest BCUT2D eigenvalue weighted by molar-refractivity contribution is 0.0709. The van der Waals surface area contributed by atoms with E-state index < -0.39 is 0 Å². The average molecular weight is 339 g/mol. The van der Waals surface area contributed by atoms with Crippen LogP contribution in [0.4, 0.5) is 0 Å². The van der Waals surface area contributed by atoms with Crippen molar-refractivity contribution < 1.29 is 4.79 Å². The van der Waals surface area contributed by atoms with Gasteiger partial charge in [0.1, 0.15) is 12.7 Å². The quantitative estimate of drug-likeness (QED) is 0.836. The Morgan fingerprint density at radius 3 is 2.60 bits per heavy atom. The molecule has 1 aromatic carbocycles. The molecular weight excluding hydrogens is 314 g/mol. The number of amides is 1. The summed E-state index contributed by atoms with van der Waals surface area (Å²) in [6.07, 6.45) is 8.08. The van der Waals surface area contributed by atoms with Crippen molar-refractivity contribution in [3.8, 4) is 0 Å². The number of carbonyl (C=O) groups excluding carboxylic acids is 1. The van der Waals surface area contributed by atoms with Gasteiger partial charge in [-0.2, -0.15) is 5.10 Å². The van der Waals surface area contributed by atoms with Crippen molar-refractivity contribution in [3.05, 3.63) is 48.0 Å². The molecule has 1 aromatic heterocycles. The third-order valence-corrected chi connectivity index (χ3v) is 5.32. The summed E-state index contributed by atoms with van der Waals surface area (Å²) in [4.78, 5) is 21.5. The van der Waals surface area contributed by atoms with E-state index in [1.54, 1.807) is 11.0 Å². The molecule has 0 N–H and O–H groups in total. The Morgan fingerprint density at radius 1 is 1.08 bits per heavy atom. The molecule has 0 saturated carbocycles. The van der Waals surface area contributed by atoms with Crippen LogP contribution in [-0.2, 0) is 6.54 Å². The van der Waals surface area contributed by atoms with Crippen molar-refractivity contribution in [3.63, 3.8) is 0 Å². The number of hydrogen-bond acceptors (Lipinski definition) is 4. The summed E-state index contributed by atoms with van der Waals surface area (Å²) in [5.74, 6) is 0.175. The van der Waals surface area contributed by atoms with Crippen LogP contribution in [0.2, 0.25) is 0 Å². The van der Waals surface area contributed by atoms with E-state index in [4.69, 9.17) is 0 Å². The summed E-state index contributed by atoms with van der Waals surface area (Å²) in [7, 11) is 0. The zero-order chi connectivity index (χ0) is 17.1. The molecular formula is C19H25N5O. The molecule has 25 heavy (non-hydrogen) atoms. The van der Waals surface area contributed by atoms with E-state index in [-0.39, 0.29) is 5.91 Å². The Bertz CT molecular complexity index is 691. The van der Waals surface area contributed by atoms with Crippen molar-refractivity contribution in [1.82, 2.24) is 24.6 Å². The Labute approximate surface area is 148 Å². The monoisotopic (exact) mass is 339 g/mol. The highest BCUT2D eigenvalue weighted by molar-refractivity contribution is 5.94. The Morgan fingerprint density at radius 2 is 1.88 bits per heavy atom. The van der Waals surface area contributed by atoms with E-state index >= 15 is 0 Å². The molecule has 0 spiro atoms.